The second kappa shape index (κ2) is 7.27. The Morgan fingerprint density at radius 1 is 1.07 bits per heavy atom. The average molecular weight is 390 g/mol. The van der Waals surface area contributed by atoms with Crippen molar-refractivity contribution >= 4 is 22.6 Å². The van der Waals surface area contributed by atoms with Gasteiger partial charge >= 0.3 is 0 Å². The van der Waals surface area contributed by atoms with Crippen molar-refractivity contribution in [3.8, 4) is 0 Å². The number of nitrogens with one attached hydrogen (secondary N) is 1. The van der Waals surface area contributed by atoms with Gasteiger partial charge in [0.25, 0.3) is 5.56 Å². The zero-order valence-corrected chi connectivity index (χ0v) is 16.0. The highest BCUT2D eigenvalue weighted by Gasteiger charge is 2.37. The first-order chi connectivity index (χ1) is 14.2. The smallest absolute Gasteiger partial charge is 0.252 e. The van der Waals surface area contributed by atoms with E-state index in [9.17, 15) is 9.59 Å². The molecule has 8 heteroatoms. The molecule has 1 N–H and O–H groups in total. The summed E-state index contributed by atoms with van der Waals surface area (Å²) in [4.78, 5) is 44.0. The van der Waals surface area contributed by atoms with E-state index in [1.165, 1.54) is 12.4 Å². The largest absolute Gasteiger partial charge is 0.356 e. The molecule has 0 aliphatic carbocycles. The Hall–Kier alpha value is -3.29. The number of hydrogen-bond donors (Lipinski definition) is 1. The molecule has 2 fully saturated rings. The van der Waals surface area contributed by atoms with Crippen LogP contribution in [0.4, 0.5) is 5.82 Å². The van der Waals surface area contributed by atoms with Gasteiger partial charge in [0.15, 0.2) is 0 Å². The van der Waals surface area contributed by atoms with Crippen molar-refractivity contribution in [1.82, 2.24) is 24.8 Å². The van der Waals surface area contributed by atoms with Crippen molar-refractivity contribution in [3.63, 3.8) is 0 Å². The van der Waals surface area contributed by atoms with Crippen molar-refractivity contribution in [2.24, 2.45) is 5.92 Å². The summed E-state index contributed by atoms with van der Waals surface area (Å²) in [7, 11) is 0. The Morgan fingerprint density at radius 3 is 2.66 bits per heavy atom. The van der Waals surface area contributed by atoms with Crippen LogP contribution in [-0.4, -0.2) is 56.9 Å². The number of anilines is 1. The number of carbonyl (C=O) groups is 1. The van der Waals surface area contributed by atoms with E-state index in [1.54, 1.807) is 6.33 Å². The predicted octanol–water partition coefficient (Wildman–Crippen LogP) is 1.56. The third kappa shape index (κ3) is 3.35. The molecule has 2 saturated heterocycles. The van der Waals surface area contributed by atoms with E-state index in [2.05, 4.69) is 24.8 Å². The van der Waals surface area contributed by atoms with Crippen molar-refractivity contribution < 1.29 is 4.79 Å². The van der Waals surface area contributed by atoms with Crippen LogP contribution in [0.1, 0.15) is 24.5 Å². The molecule has 1 amide bonds. The molecule has 0 radical (unpaired) electrons. The molecule has 1 aromatic carbocycles. The Kier molecular flexibility index (Phi) is 4.46. The van der Waals surface area contributed by atoms with Gasteiger partial charge in [0.05, 0.1) is 17.5 Å². The van der Waals surface area contributed by atoms with E-state index in [4.69, 9.17) is 0 Å². The van der Waals surface area contributed by atoms with Gasteiger partial charge < -0.3 is 14.8 Å². The van der Waals surface area contributed by atoms with Gasteiger partial charge in [-0.15, -0.1) is 0 Å². The number of H-pyrrole nitrogens is 1. The minimum atomic E-state index is -0.155. The molecule has 8 nitrogen and oxygen atoms in total. The molecule has 3 aromatic rings. The molecular formula is C21H22N6O2. The Bertz CT molecular complexity index is 1090. The predicted molar refractivity (Wildman–Crippen MR) is 109 cm³/mol. The highest BCUT2D eigenvalue weighted by atomic mass is 16.2. The summed E-state index contributed by atoms with van der Waals surface area (Å²) in [5, 5.41) is 1.07. The molecule has 148 valence electrons. The first-order valence-corrected chi connectivity index (χ1v) is 9.97. The Morgan fingerprint density at radius 2 is 1.86 bits per heavy atom. The first-order valence-electron chi connectivity index (χ1n) is 9.97. The van der Waals surface area contributed by atoms with Crippen LogP contribution in [0.5, 0.6) is 0 Å². The Balaban J connectivity index is 1.20. The normalized spacial score (nSPS) is 18.1. The maximum absolute atomic E-state index is 12.9. The third-order valence-corrected chi connectivity index (χ3v) is 5.99. The maximum atomic E-state index is 12.9. The zero-order chi connectivity index (χ0) is 19.8. The minimum Gasteiger partial charge on any atom is -0.356 e. The number of piperidine rings is 1. The van der Waals surface area contributed by atoms with Crippen LogP contribution >= 0.6 is 0 Å². The lowest BCUT2D eigenvalue weighted by atomic mass is 9.89. The Labute approximate surface area is 167 Å². The van der Waals surface area contributed by atoms with Gasteiger partial charge in [0.1, 0.15) is 12.1 Å². The standard InChI is InChI=1S/C21H22N6O2/c28-19-9-18(23-13-24-19)26-7-5-14(6-8-26)21(29)27-10-15(11-27)20-16-3-1-2-4-17(16)22-12-25-20/h1-4,9,12-15H,5-8,10-11H2,(H,23,24,28). The van der Waals surface area contributed by atoms with Gasteiger partial charge in [0.2, 0.25) is 5.91 Å². The highest BCUT2D eigenvalue weighted by molar-refractivity contribution is 5.83. The molecule has 0 saturated carbocycles. The molecule has 2 aliphatic heterocycles. The number of likely N-dealkylation sites (tertiary alicyclic amines) is 1. The lowest BCUT2D eigenvalue weighted by molar-refractivity contribution is -0.140. The molecule has 29 heavy (non-hydrogen) atoms. The summed E-state index contributed by atoms with van der Waals surface area (Å²) in [6.45, 7) is 2.91. The fourth-order valence-electron chi connectivity index (χ4n) is 4.33. The summed E-state index contributed by atoms with van der Waals surface area (Å²) in [5.74, 6) is 1.22. The maximum Gasteiger partial charge on any atom is 0.252 e. The quantitative estimate of drug-likeness (QED) is 0.729. The monoisotopic (exact) mass is 390 g/mol. The summed E-state index contributed by atoms with van der Waals surface area (Å²) in [6, 6.07) is 9.52. The topological polar surface area (TPSA) is 95.1 Å². The summed E-state index contributed by atoms with van der Waals surface area (Å²) < 4.78 is 0. The summed E-state index contributed by atoms with van der Waals surface area (Å²) in [6.07, 6.45) is 4.60. The summed E-state index contributed by atoms with van der Waals surface area (Å²) >= 11 is 0. The minimum absolute atomic E-state index is 0.0383. The van der Waals surface area contributed by atoms with Gasteiger partial charge in [-0.2, -0.15) is 0 Å². The van der Waals surface area contributed by atoms with Crippen LogP contribution in [0.2, 0.25) is 0 Å². The number of hydrogen-bond acceptors (Lipinski definition) is 6. The molecular weight excluding hydrogens is 368 g/mol. The molecule has 2 aromatic heterocycles. The van der Waals surface area contributed by atoms with Crippen molar-refractivity contribution in [2.75, 3.05) is 31.1 Å². The second-order valence-electron chi connectivity index (χ2n) is 7.75. The van der Waals surface area contributed by atoms with E-state index in [-0.39, 0.29) is 23.3 Å². The molecule has 5 rings (SSSR count). The van der Waals surface area contributed by atoms with E-state index in [0.29, 0.717) is 5.82 Å². The summed E-state index contributed by atoms with van der Waals surface area (Å²) in [5.41, 5.74) is 1.83. The molecule has 0 unspecified atom stereocenters. The van der Waals surface area contributed by atoms with E-state index >= 15 is 0 Å². The van der Waals surface area contributed by atoms with Gasteiger partial charge in [-0.05, 0) is 18.9 Å². The van der Waals surface area contributed by atoms with Crippen LogP contribution in [0.15, 0.2) is 47.8 Å². The fraction of sp³-hybridized carbons (Fsp3) is 0.381. The number of aromatic amines is 1. The van der Waals surface area contributed by atoms with Crippen LogP contribution in [0.25, 0.3) is 10.9 Å². The number of aromatic nitrogens is 4. The van der Waals surface area contributed by atoms with Crippen LogP contribution in [0, 0.1) is 5.92 Å². The van der Waals surface area contributed by atoms with E-state index < -0.39 is 0 Å². The first kappa shape index (κ1) is 17.8. The number of nitrogens with zero attached hydrogens (tertiary/aromatic N) is 5. The molecule has 2 aliphatic rings. The van der Waals surface area contributed by atoms with Crippen LogP contribution in [0.3, 0.4) is 0 Å². The number of amides is 1. The van der Waals surface area contributed by atoms with E-state index in [0.717, 1.165) is 55.6 Å². The average Bonchev–Trinajstić information content (AvgIpc) is 2.73. The lowest BCUT2D eigenvalue weighted by Crippen LogP contribution is -2.52. The van der Waals surface area contributed by atoms with Crippen molar-refractivity contribution in [1.29, 1.82) is 0 Å². The molecule has 0 atom stereocenters. The van der Waals surface area contributed by atoms with Gasteiger partial charge in [-0.1, -0.05) is 18.2 Å². The van der Waals surface area contributed by atoms with Gasteiger partial charge in [-0.25, -0.2) is 15.0 Å². The zero-order valence-electron chi connectivity index (χ0n) is 16.0. The van der Waals surface area contributed by atoms with Crippen LogP contribution < -0.4 is 10.5 Å². The number of carbonyl (C=O) groups excluding carboxylic acids is 1. The van der Waals surface area contributed by atoms with E-state index in [1.807, 2.05) is 29.2 Å². The number of benzene rings is 1. The van der Waals surface area contributed by atoms with Gasteiger partial charge in [-0.3, -0.25) is 9.59 Å². The molecule has 0 bridgehead atoms. The van der Waals surface area contributed by atoms with Crippen molar-refractivity contribution in [2.45, 2.75) is 18.8 Å². The molecule has 4 heterocycles. The lowest BCUT2D eigenvalue weighted by Gasteiger charge is -2.42. The second-order valence-corrected chi connectivity index (χ2v) is 7.75. The SMILES string of the molecule is O=C(C1CCN(c2cc(=O)[nH]cn2)CC1)N1CC(c2ncnc3ccccc23)C1. The number of fused-ring (bicyclic) bond motifs is 1. The number of rotatable bonds is 3. The third-order valence-electron chi connectivity index (χ3n) is 5.99. The fourth-order valence-corrected chi connectivity index (χ4v) is 4.33. The van der Waals surface area contributed by atoms with Crippen LogP contribution in [-0.2, 0) is 4.79 Å². The van der Waals surface area contributed by atoms with Crippen molar-refractivity contribution in [3.05, 3.63) is 59.0 Å². The highest BCUT2D eigenvalue weighted by Crippen LogP contribution is 2.32. The van der Waals surface area contributed by atoms with Gasteiger partial charge in [0, 0.05) is 49.5 Å². The molecule has 0 spiro atoms. The number of para-hydroxylation sites is 1.